The number of hydrogen-bond acceptors (Lipinski definition) is 4. The number of ether oxygens (including phenoxy) is 1. The van der Waals surface area contributed by atoms with E-state index in [0.717, 1.165) is 32.1 Å². The van der Waals surface area contributed by atoms with Crippen LogP contribution in [0.15, 0.2) is 30.3 Å². The second-order valence-electron chi connectivity index (χ2n) is 8.00. The van der Waals surface area contributed by atoms with Crippen molar-refractivity contribution in [2.24, 2.45) is 0 Å². The van der Waals surface area contributed by atoms with Crippen LogP contribution in [0.25, 0.3) is 0 Å². The molecule has 0 N–H and O–H groups in total. The largest absolute Gasteiger partial charge is 0.442 e. The molecule has 0 aliphatic heterocycles. The summed E-state index contributed by atoms with van der Waals surface area (Å²) < 4.78 is 5.84. The molecule has 0 spiro atoms. The minimum absolute atomic E-state index is 0.330. The fourth-order valence-corrected chi connectivity index (χ4v) is 2.57. The van der Waals surface area contributed by atoms with E-state index in [4.69, 9.17) is 14.5 Å². The number of rotatable bonds is 6. The van der Waals surface area contributed by atoms with E-state index < -0.39 is 11.2 Å². The number of hydrogen-bond donors (Lipinski definition) is 0. The summed E-state index contributed by atoms with van der Waals surface area (Å²) in [5.41, 5.74) is -1.36. The summed E-state index contributed by atoms with van der Waals surface area (Å²) in [6, 6.07) is 9.04. The summed E-state index contributed by atoms with van der Waals surface area (Å²) in [5.74, 6) is 5.98. The summed E-state index contributed by atoms with van der Waals surface area (Å²) in [4.78, 5) is 23.6. The van der Waals surface area contributed by atoms with Crippen molar-refractivity contribution in [1.29, 1.82) is 0 Å². The SMILES string of the molecule is CCC(C)(C)OOC(C)(C)C#CC1(OC(=O)c2ccccc2)CCCC1. The third-order valence-electron chi connectivity index (χ3n) is 4.63. The summed E-state index contributed by atoms with van der Waals surface area (Å²) in [6.45, 7) is 9.69. The van der Waals surface area contributed by atoms with Crippen LogP contribution in [0.4, 0.5) is 0 Å². The minimum Gasteiger partial charge on any atom is -0.442 e. The van der Waals surface area contributed by atoms with E-state index in [1.807, 2.05) is 52.8 Å². The van der Waals surface area contributed by atoms with Crippen molar-refractivity contribution in [1.82, 2.24) is 0 Å². The topological polar surface area (TPSA) is 44.8 Å². The van der Waals surface area contributed by atoms with Gasteiger partial charge in [-0.05, 0) is 71.9 Å². The van der Waals surface area contributed by atoms with Gasteiger partial charge in [0.25, 0.3) is 0 Å². The molecule has 2 rings (SSSR count). The molecular weight excluding hydrogens is 328 g/mol. The Morgan fingerprint density at radius 1 is 1.08 bits per heavy atom. The highest BCUT2D eigenvalue weighted by Gasteiger charge is 2.37. The van der Waals surface area contributed by atoms with Crippen molar-refractivity contribution in [3.8, 4) is 11.8 Å². The molecule has 4 nitrogen and oxygen atoms in total. The molecule has 1 saturated carbocycles. The molecule has 1 aromatic rings. The predicted molar refractivity (Wildman–Crippen MR) is 101 cm³/mol. The van der Waals surface area contributed by atoms with Gasteiger partial charge in [-0.25, -0.2) is 14.6 Å². The molecule has 142 valence electrons. The van der Waals surface area contributed by atoms with Crippen LogP contribution in [0.3, 0.4) is 0 Å². The molecule has 1 aliphatic rings. The highest BCUT2D eigenvalue weighted by atomic mass is 17.2. The first kappa shape index (κ1) is 20.5. The summed E-state index contributed by atoms with van der Waals surface area (Å²) in [7, 11) is 0. The molecule has 1 fully saturated rings. The molecule has 0 radical (unpaired) electrons. The lowest BCUT2D eigenvalue weighted by molar-refractivity contribution is -0.388. The van der Waals surface area contributed by atoms with Crippen LogP contribution >= 0.6 is 0 Å². The Hall–Kier alpha value is -1.83. The maximum Gasteiger partial charge on any atom is 0.339 e. The summed E-state index contributed by atoms with van der Waals surface area (Å²) >= 11 is 0. The lowest BCUT2D eigenvalue weighted by Gasteiger charge is -2.28. The quantitative estimate of drug-likeness (QED) is 0.308. The molecule has 0 amide bonds. The number of esters is 1. The zero-order valence-electron chi connectivity index (χ0n) is 16.6. The molecule has 0 unspecified atom stereocenters. The Morgan fingerprint density at radius 3 is 2.27 bits per heavy atom. The Bertz CT molecular complexity index is 658. The van der Waals surface area contributed by atoms with Crippen molar-refractivity contribution in [2.45, 2.75) is 83.5 Å². The van der Waals surface area contributed by atoms with Gasteiger partial charge in [-0.3, -0.25) is 0 Å². The molecule has 0 heterocycles. The van der Waals surface area contributed by atoms with E-state index in [1.165, 1.54) is 0 Å². The van der Waals surface area contributed by atoms with E-state index in [9.17, 15) is 4.79 Å². The predicted octanol–water partition coefficient (Wildman–Crippen LogP) is 5.08. The first-order valence-electron chi connectivity index (χ1n) is 9.37. The van der Waals surface area contributed by atoms with Gasteiger partial charge in [-0.2, -0.15) is 0 Å². The van der Waals surface area contributed by atoms with Gasteiger partial charge in [0.2, 0.25) is 0 Å². The molecule has 4 heteroatoms. The molecule has 0 atom stereocenters. The second kappa shape index (κ2) is 8.24. The highest BCUT2D eigenvalue weighted by molar-refractivity contribution is 5.89. The smallest absolute Gasteiger partial charge is 0.339 e. The number of carbonyl (C=O) groups excluding carboxylic acids is 1. The van der Waals surface area contributed by atoms with Crippen LogP contribution in [0.1, 0.15) is 77.1 Å². The molecule has 0 bridgehead atoms. The maximum absolute atomic E-state index is 12.5. The molecule has 0 aromatic heterocycles. The second-order valence-corrected chi connectivity index (χ2v) is 8.00. The van der Waals surface area contributed by atoms with Crippen molar-refractivity contribution in [2.75, 3.05) is 0 Å². The van der Waals surface area contributed by atoms with Crippen molar-refractivity contribution >= 4 is 5.97 Å². The first-order chi connectivity index (χ1) is 12.2. The number of benzene rings is 1. The number of carbonyl (C=O) groups is 1. The Kier molecular flexibility index (Phi) is 6.49. The molecule has 26 heavy (non-hydrogen) atoms. The van der Waals surface area contributed by atoms with Crippen molar-refractivity contribution < 1.29 is 19.3 Å². The van der Waals surface area contributed by atoms with Crippen LogP contribution in [0.5, 0.6) is 0 Å². The first-order valence-corrected chi connectivity index (χ1v) is 9.37. The molecule has 1 aliphatic carbocycles. The fraction of sp³-hybridized carbons (Fsp3) is 0.591. The highest BCUT2D eigenvalue weighted by Crippen LogP contribution is 2.34. The van der Waals surface area contributed by atoms with Gasteiger partial charge < -0.3 is 4.74 Å². The van der Waals surface area contributed by atoms with Crippen LogP contribution in [0.2, 0.25) is 0 Å². The Balaban J connectivity index is 2.10. The van der Waals surface area contributed by atoms with Gasteiger partial charge in [0.15, 0.2) is 11.2 Å². The lowest BCUT2D eigenvalue weighted by atomic mass is 10.0. The average molecular weight is 358 g/mol. The normalized spacial score (nSPS) is 16.7. The minimum atomic E-state index is -0.790. The Morgan fingerprint density at radius 2 is 1.69 bits per heavy atom. The van der Waals surface area contributed by atoms with E-state index >= 15 is 0 Å². The van der Waals surface area contributed by atoms with E-state index in [0.29, 0.717) is 5.56 Å². The van der Waals surface area contributed by atoms with Gasteiger partial charge >= 0.3 is 5.97 Å². The monoisotopic (exact) mass is 358 g/mol. The third kappa shape index (κ3) is 5.86. The standard InChI is InChI=1S/C22H30O4/c1-6-20(2,3)25-26-21(4,5)16-17-22(14-10-11-15-22)24-19(23)18-12-8-7-9-13-18/h7-9,12-13H,6,10-11,14-15H2,1-5H3. The lowest BCUT2D eigenvalue weighted by Crippen LogP contribution is -2.34. The molecule has 1 aromatic carbocycles. The zero-order valence-corrected chi connectivity index (χ0v) is 16.6. The van der Waals surface area contributed by atoms with Gasteiger partial charge in [0, 0.05) is 0 Å². The van der Waals surface area contributed by atoms with Crippen LogP contribution in [0, 0.1) is 11.8 Å². The van der Waals surface area contributed by atoms with Crippen molar-refractivity contribution in [3.63, 3.8) is 0 Å². The van der Waals surface area contributed by atoms with E-state index in [-0.39, 0.29) is 11.6 Å². The van der Waals surface area contributed by atoms with Crippen LogP contribution < -0.4 is 0 Å². The average Bonchev–Trinajstić information content (AvgIpc) is 3.08. The van der Waals surface area contributed by atoms with Gasteiger partial charge in [0.05, 0.1) is 11.2 Å². The van der Waals surface area contributed by atoms with Crippen LogP contribution in [-0.2, 0) is 14.5 Å². The zero-order chi connectivity index (χ0) is 19.3. The van der Waals surface area contributed by atoms with Gasteiger partial charge in [-0.1, -0.05) is 37.0 Å². The van der Waals surface area contributed by atoms with E-state index in [2.05, 4.69) is 11.8 Å². The van der Waals surface area contributed by atoms with Crippen molar-refractivity contribution in [3.05, 3.63) is 35.9 Å². The molecular formula is C22H30O4. The molecule has 0 saturated heterocycles. The van der Waals surface area contributed by atoms with Crippen LogP contribution in [-0.4, -0.2) is 22.8 Å². The van der Waals surface area contributed by atoms with E-state index in [1.54, 1.807) is 12.1 Å². The fourth-order valence-electron chi connectivity index (χ4n) is 2.57. The summed E-state index contributed by atoms with van der Waals surface area (Å²) in [5, 5.41) is 0. The third-order valence-corrected chi connectivity index (χ3v) is 4.63. The Labute approximate surface area is 157 Å². The van der Waals surface area contributed by atoms with Gasteiger partial charge in [0.1, 0.15) is 0 Å². The summed E-state index contributed by atoms with van der Waals surface area (Å²) in [6.07, 6.45) is 4.32. The maximum atomic E-state index is 12.5. The van der Waals surface area contributed by atoms with Gasteiger partial charge in [-0.15, -0.1) is 0 Å².